The summed E-state index contributed by atoms with van der Waals surface area (Å²) in [5.41, 5.74) is 0. The molecular formula is C13H23N3O5. The van der Waals surface area contributed by atoms with Gasteiger partial charge in [-0.15, -0.1) is 0 Å². The average molecular weight is 301 g/mol. The van der Waals surface area contributed by atoms with Gasteiger partial charge < -0.3 is 19.6 Å². The molecule has 0 aromatic heterocycles. The lowest BCUT2D eigenvalue weighted by molar-refractivity contribution is -0.143. The van der Waals surface area contributed by atoms with E-state index in [9.17, 15) is 14.4 Å². The van der Waals surface area contributed by atoms with E-state index in [0.29, 0.717) is 32.7 Å². The summed E-state index contributed by atoms with van der Waals surface area (Å²) in [5.74, 6) is -1.21. The zero-order valence-electron chi connectivity index (χ0n) is 12.7. The maximum absolute atomic E-state index is 12.2. The molecule has 0 bridgehead atoms. The first-order valence-corrected chi connectivity index (χ1v) is 6.90. The number of amides is 2. The molecule has 120 valence electrons. The van der Waals surface area contributed by atoms with E-state index in [-0.39, 0.29) is 18.4 Å². The van der Waals surface area contributed by atoms with E-state index in [4.69, 9.17) is 5.11 Å². The number of carboxylic acid groups (broad SMARTS) is 1. The topological polar surface area (TPSA) is 90.4 Å². The monoisotopic (exact) mass is 301 g/mol. The number of rotatable bonds is 5. The Hall–Kier alpha value is -1.83. The van der Waals surface area contributed by atoms with Crippen molar-refractivity contribution in [2.75, 3.05) is 46.9 Å². The predicted octanol–water partition coefficient (Wildman–Crippen LogP) is -0.308. The minimum atomic E-state index is -0.857. The van der Waals surface area contributed by atoms with Crippen LogP contribution in [0.25, 0.3) is 0 Å². The van der Waals surface area contributed by atoms with Gasteiger partial charge in [0.2, 0.25) is 0 Å². The second kappa shape index (κ2) is 7.82. The molecule has 0 radical (unpaired) electrons. The largest absolute Gasteiger partial charge is 0.480 e. The van der Waals surface area contributed by atoms with Gasteiger partial charge in [-0.2, -0.15) is 0 Å². The lowest BCUT2D eigenvalue weighted by atomic mass is 10.2. The molecule has 0 aromatic rings. The molecule has 1 atom stereocenters. The number of methoxy groups -OCH3 is 1. The van der Waals surface area contributed by atoms with Gasteiger partial charge in [0.15, 0.2) is 0 Å². The predicted molar refractivity (Wildman–Crippen MR) is 74.9 cm³/mol. The number of hydrogen-bond donors (Lipinski definition) is 1. The first-order valence-electron chi connectivity index (χ1n) is 6.90. The van der Waals surface area contributed by atoms with Crippen LogP contribution in [0.15, 0.2) is 0 Å². The molecule has 1 saturated heterocycles. The normalized spacial score (nSPS) is 17.2. The van der Waals surface area contributed by atoms with Crippen molar-refractivity contribution in [1.82, 2.24) is 14.7 Å². The molecule has 1 N–H and O–H groups in total. The van der Waals surface area contributed by atoms with Crippen molar-refractivity contribution in [3.05, 3.63) is 0 Å². The third-order valence-electron chi connectivity index (χ3n) is 3.70. The van der Waals surface area contributed by atoms with Crippen LogP contribution < -0.4 is 0 Å². The van der Waals surface area contributed by atoms with Gasteiger partial charge in [0, 0.05) is 39.8 Å². The SMILES string of the molecule is COC(=O)CCN(C)C(=O)N1CCN(C(C)C(=O)O)CC1. The van der Waals surface area contributed by atoms with Crippen LogP contribution in [0.5, 0.6) is 0 Å². The molecule has 1 heterocycles. The summed E-state index contributed by atoms with van der Waals surface area (Å²) >= 11 is 0. The minimum absolute atomic E-state index is 0.151. The number of carbonyl (C=O) groups excluding carboxylic acids is 2. The summed E-state index contributed by atoms with van der Waals surface area (Å²) in [6, 6.07) is -0.694. The van der Waals surface area contributed by atoms with Gasteiger partial charge in [-0.25, -0.2) is 4.79 Å². The molecule has 8 heteroatoms. The van der Waals surface area contributed by atoms with Crippen LogP contribution in [0.2, 0.25) is 0 Å². The lowest BCUT2D eigenvalue weighted by Crippen LogP contribution is -2.55. The number of nitrogens with zero attached hydrogens (tertiary/aromatic N) is 3. The number of urea groups is 1. The van der Waals surface area contributed by atoms with Gasteiger partial charge in [-0.05, 0) is 6.92 Å². The van der Waals surface area contributed by atoms with E-state index in [1.165, 1.54) is 12.0 Å². The van der Waals surface area contributed by atoms with Crippen molar-refractivity contribution in [3.8, 4) is 0 Å². The second-order valence-electron chi connectivity index (χ2n) is 5.07. The van der Waals surface area contributed by atoms with Crippen molar-refractivity contribution >= 4 is 18.0 Å². The van der Waals surface area contributed by atoms with Gasteiger partial charge >= 0.3 is 18.0 Å². The highest BCUT2D eigenvalue weighted by Crippen LogP contribution is 2.09. The van der Waals surface area contributed by atoms with E-state index >= 15 is 0 Å². The first kappa shape index (κ1) is 17.2. The number of esters is 1. The molecular weight excluding hydrogens is 278 g/mol. The Morgan fingerprint density at radius 3 is 2.29 bits per heavy atom. The Balaban J connectivity index is 2.41. The van der Waals surface area contributed by atoms with E-state index < -0.39 is 12.0 Å². The number of ether oxygens (including phenoxy) is 1. The summed E-state index contributed by atoms with van der Waals surface area (Å²) in [6.45, 7) is 3.98. The number of piperazine rings is 1. The molecule has 1 rings (SSSR count). The Bertz CT molecular complexity index is 393. The van der Waals surface area contributed by atoms with Gasteiger partial charge in [-0.3, -0.25) is 14.5 Å². The average Bonchev–Trinajstić information content (AvgIpc) is 2.50. The highest BCUT2D eigenvalue weighted by atomic mass is 16.5. The third-order valence-corrected chi connectivity index (χ3v) is 3.70. The van der Waals surface area contributed by atoms with Crippen molar-refractivity contribution in [2.45, 2.75) is 19.4 Å². The third kappa shape index (κ3) is 4.89. The molecule has 0 saturated carbocycles. The van der Waals surface area contributed by atoms with Gasteiger partial charge in [0.25, 0.3) is 0 Å². The van der Waals surface area contributed by atoms with Gasteiger partial charge in [0.1, 0.15) is 6.04 Å². The van der Waals surface area contributed by atoms with Crippen LogP contribution in [0, 0.1) is 0 Å². The van der Waals surface area contributed by atoms with Crippen molar-refractivity contribution in [3.63, 3.8) is 0 Å². The zero-order chi connectivity index (χ0) is 16.0. The summed E-state index contributed by atoms with van der Waals surface area (Å²) in [7, 11) is 2.95. The molecule has 2 amide bonds. The number of hydrogen-bond acceptors (Lipinski definition) is 5. The Morgan fingerprint density at radius 2 is 1.81 bits per heavy atom. The molecule has 8 nitrogen and oxygen atoms in total. The number of aliphatic carboxylic acids is 1. The number of carbonyl (C=O) groups is 3. The molecule has 1 unspecified atom stereocenters. The minimum Gasteiger partial charge on any atom is -0.480 e. The smallest absolute Gasteiger partial charge is 0.320 e. The molecule has 21 heavy (non-hydrogen) atoms. The second-order valence-corrected chi connectivity index (χ2v) is 5.07. The molecule has 0 aromatic carbocycles. The summed E-state index contributed by atoms with van der Waals surface area (Å²) in [6.07, 6.45) is 0.161. The zero-order valence-corrected chi connectivity index (χ0v) is 12.7. The maximum Gasteiger partial charge on any atom is 0.320 e. The van der Waals surface area contributed by atoms with Crippen molar-refractivity contribution in [2.24, 2.45) is 0 Å². The van der Waals surface area contributed by atoms with E-state index in [2.05, 4.69) is 4.74 Å². The Kier molecular flexibility index (Phi) is 6.41. The van der Waals surface area contributed by atoms with E-state index in [0.717, 1.165) is 0 Å². The molecule has 1 fully saturated rings. The van der Waals surface area contributed by atoms with Gasteiger partial charge in [-0.1, -0.05) is 0 Å². The van der Waals surface area contributed by atoms with Crippen LogP contribution >= 0.6 is 0 Å². The Labute approximate surface area is 124 Å². The lowest BCUT2D eigenvalue weighted by Gasteiger charge is -2.38. The van der Waals surface area contributed by atoms with Crippen molar-refractivity contribution in [1.29, 1.82) is 0 Å². The highest BCUT2D eigenvalue weighted by molar-refractivity contribution is 5.76. The van der Waals surface area contributed by atoms with Crippen LogP contribution in [-0.4, -0.2) is 90.7 Å². The molecule has 0 spiro atoms. The van der Waals surface area contributed by atoms with Crippen molar-refractivity contribution < 1.29 is 24.2 Å². The fourth-order valence-electron chi connectivity index (χ4n) is 2.15. The quantitative estimate of drug-likeness (QED) is 0.701. The van der Waals surface area contributed by atoms with E-state index in [1.807, 2.05) is 4.90 Å². The summed E-state index contributed by atoms with van der Waals surface area (Å²) in [4.78, 5) is 39.1. The fraction of sp³-hybridized carbons (Fsp3) is 0.769. The standard InChI is InChI=1S/C13H23N3O5/c1-10(12(18)19)15-6-8-16(9-7-15)13(20)14(2)5-4-11(17)21-3/h10H,4-9H2,1-3H3,(H,18,19). The highest BCUT2D eigenvalue weighted by Gasteiger charge is 2.28. The molecule has 1 aliphatic rings. The summed E-state index contributed by atoms with van der Waals surface area (Å²) in [5, 5.41) is 8.97. The first-order chi connectivity index (χ1) is 9.86. The van der Waals surface area contributed by atoms with Crippen LogP contribution in [0.1, 0.15) is 13.3 Å². The van der Waals surface area contributed by atoms with Crippen LogP contribution in [0.3, 0.4) is 0 Å². The number of carboxylic acids is 1. The van der Waals surface area contributed by atoms with Gasteiger partial charge in [0.05, 0.1) is 13.5 Å². The Morgan fingerprint density at radius 1 is 1.24 bits per heavy atom. The van der Waals surface area contributed by atoms with Crippen LogP contribution in [-0.2, 0) is 14.3 Å². The van der Waals surface area contributed by atoms with E-state index in [1.54, 1.807) is 18.9 Å². The fourth-order valence-corrected chi connectivity index (χ4v) is 2.15. The van der Waals surface area contributed by atoms with Crippen LogP contribution in [0.4, 0.5) is 4.79 Å². The molecule has 1 aliphatic heterocycles. The summed E-state index contributed by atoms with van der Waals surface area (Å²) < 4.78 is 4.54. The maximum atomic E-state index is 12.2. The molecule has 0 aliphatic carbocycles.